The molecule has 0 aliphatic heterocycles. The summed E-state index contributed by atoms with van der Waals surface area (Å²) < 4.78 is 22.0. The van der Waals surface area contributed by atoms with Crippen LogP contribution in [0.15, 0.2) is 4.99 Å². The molecule has 0 aromatic heterocycles. The summed E-state index contributed by atoms with van der Waals surface area (Å²) in [5.74, 6) is 0.976. The molecule has 0 heterocycles. The van der Waals surface area contributed by atoms with Crippen molar-refractivity contribution < 1.29 is 8.42 Å². The smallest absolute Gasteiger partial charge is 0.190 e. The number of unbranched alkanes of at least 4 members (excludes halogenated alkanes) is 6. The highest BCUT2D eigenvalue weighted by Crippen LogP contribution is 2.06. The van der Waals surface area contributed by atoms with E-state index in [2.05, 4.69) is 22.5 Å². The van der Waals surface area contributed by atoms with Gasteiger partial charge in [0.05, 0.1) is 5.75 Å². The van der Waals surface area contributed by atoms with Crippen LogP contribution in [0.2, 0.25) is 0 Å². The largest absolute Gasteiger partial charge is 0.356 e. The first kappa shape index (κ1) is 20.2. The first-order valence-electron chi connectivity index (χ1n) is 8.12. The number of nitrogens with zero attached hydrogens (tertiary/aromatic N) is 1. The Morgan fingerprint density at radius 1 is 0.905 bits per heavy atom. The van der Waals surface area contributed by atoms with Gasteiger partial charge in [0.15, 0.2) is 5.96 Å². The first-order chi connectivity index (χ1) is 9.99. The average Bonchev–Trinajstić information content (AvgIpc) is 2.43. The van der Waals surface area contributed by atoms with Gasteiger partial charge in [-0.15, -0.1) is 0 Å². The number of hydrogen-bond donors (Lipinski definition) is 2. The Kier molecular flexibility index (Phi) is 12.4. The summed E-state index contributed by atoms with van der Waals surface area (Å²) in [6.07, 6.45) is 10.9. The third-order valence-electron chi connectivity index (χ3n) is 3.28. The standard InChI is InChI=1S/C15H33N3O2S/c1-4-5-6-7-8-9-10-12-17-15(16-2)18-13-11-14-21(3,19)20/h4-14H2,1-3H3,(H2,16,17,18). The second-order valence-corrected chi connectivity index (χ2v) is 7.79. The van der Waals surface area contributed by atoms with Crippen molar-refractivity contribution in [3.05, 3.63) is 0 Å². The summed E-state index contributed by atoms with van der Waals surface area (Å²) in [6, 6.07) is 0. The molecule has 0 amide bonds. The number of rotatable bonds is 12. The number of aliphatic imine (C=N–C) groups is 1. The van der Waals surface area contributed by atoms with E-state index in [1.807, 2.05) is 0 Å². The molecule has 0 unspecified atom stereocenters. The molecule has 0 saturated heterocycles. The number of sulfone groups is 1. The SMILES string of the molecule is CCCCCCCCCNC(=NC)NCCCS(C)(=O)=O. The van der Waals surface area contributed by atoms with E-state index in [1.165, 1.54) is 44.8 Å². The molecule has 0 aliphatic rings. The molecule has 0 aromatic rings. The average molecular weight is 320 g/mol. The highest BCUT2D eigenvalue weighted by Gasteiger charge is 2.02. The van der Waals surface area contributed by atoms with Crippen LogP contribution in [-0.4, -0.2) is 46.5 Å². The molecule has 0 rings (SSSR count). The second kappa shape index (κ2) is 12.9. The molecule has 0 aromatic carbocycles. The Morgan fingerprint density at radius 2 is 1.43 bits per heavy atom. The summed E-state index contributed by atoms with van der Waals surface area (Å²) in [4.78, 5) is 4.13. The monoisotopic (exact) mass is 319 g/mol. The summed E-state index contributed by atoms with van der Waals surface area (Å²) in [5.41, 5.74) is 0. The lowest BCUT2D eigenvalue weighted by Gasteiger charge is -2.11. The Bertz CT molecular complexity index is 367. The zero-order valence-corrected chi connectivity index (χ0v) is 14.8. The molecule has 0 bridgehead atoms. The number of hydrogen-bond acceptors (Lipinski definition) is 3. The zero-order chi connectivity index (χ0) is 16.0. The van der Waals surface area contributed by atoms with Crippen molar-refractivity contribution >= 4 is 15.8 Å². The summed E-state index contributed by atoms with van der Waals surface area (Å²) in [6.45, 7) is 3.78. The van der Waals surface area contributed by atoms with Crippen molar-refractivity contribution in [3.8, 4) is 0 Å². The molecule has 0 fully saturated rings. The van der Waals surface area contributed by atoms with Gasteiger partial charge < -0.3 is 10.6 Å². The van der Waals surface area contributed by atoms with Crippen LogP contribution in [0.3, 0.4) is 0 Å². The van der Waals surface area contributed by atoms with Crippen LogP contribution in [0.1, 0.15) is 58.3 Å². The summed E-state index contributed by atoms with van der Waals surface area (Å²) in [5, 5.41) is 6.39. The topological polar surface area (TPSA) is 70.6 Å². The first-order valence-corrected chi connectivity index (χ1v) is 10.2. The highest BCUT2D eigenvalue weighted by atomic mass is 32.2. The molecule has 0 atom stereocenters. The van der Waals surface area contributed by atoms with Gasteiger partial charge in [-0.05, 0) is 12.8 Å². The molecule has 0 aliphatic carbocycles. The van der Waals surface area contributed by atoms with Gasteiger partial charge in [0.1, 0.15) is 9.84 Å². The summed E-state index contributed by atoms with van der Waals surface area (Å²) >= 11 is 0. The van der Waals surface area contributed by atoms with Crippen molar-refractivity contribution in [1.29, 1.82) is 0 Å². The fourth-order valence-corrected chi connectivity index (χ4v) is 2.72. The highest BCUT2D eigenvalue weighted by molar-refractivity contribution is 7.90. The maximum Gasteiger partial charge on any atom is 0.190 e. The maximum atomic E-state index is 11.0. The molecular formula is C15H33N3O2S. The van der Waals surface area contributed by atoms with E-state index in [0.717, 1.165) is 18.9 Å². The van der Waals surface area contributed by atoms with Crippen molar-refractivity contribution in [1.82, 2.24) is 10.6 Å². The Labute approximate surface area is 130 Å². The lowest BCUT2D eigenvalue weighted by atomic mass is 10.1. The molecule has 0 saturated carbocycles. The van der Waals surface area contributed by atoms with Crippen molar-refractivity contribution in [2.75, 3.05) is 32.1 Å². The predicted octanol–water partition coefficient (Wildman–Crippen LogP) is 2.34. The fourth-order valence-electron chi connectivity index (χ4n) is 2.05. The van der Waals surface area contributed by atoms with Crippen LogP contribution >= 0.6 is 0 Å². The Hall–Kier alpha value is -0.780. The normalized spacial score (nSPS) is 12.4. The predicted molar refractivity (Wildman–Crippen MR) is 91.7 cm³/mol. The summed E-state index contributed by atoms with van der Waals surface area (Å²) in [7, 11) is -1.13. The minimum Gasteiger partial charge on any atom is -0.356 e. The fraction of sp³-hybridized carbons (Fsp3) is 0.933. The van der Waals surface area contributed by atoms with Crippen molar-refractivity contribution in [2.24, 2.45) is 4.99 Å². The van der Waals surface area contributed by atoms with E-state index in [1.54, 1.807) is 7.05 Å². The van der Waals surface area contributed by atoms with E-state index in [0.29, 0.717) is 13.0 Å². The van der Waals surface area contributed by atoms with Crippen LogP contribution in [0, 0.1) is 0 Å². The van der Waals surface area contributed by atoms with Crippen LogP contribution in [0.5, 0.6) is 0 Å². The van der Waals surface area contributed by atoms with Crippen LogP contribution in [0.4, 0.5) is 0 Å². The molecule has 21 heavy (non-hydrogen) atoms. The van der Waals surface area contributed by atoms with E-state index in [9.17, 15) is 8.42 Å². The van der Waals surface area contributed by atoms with Gasteiger partial charge in [-0.1, -0.05) is 45.4 Å². The molecular weight excluding hydrogens is 286 g/mol. The van der Waals surface area contributed by atoms with Crippen LogP contribution in [0.25, 0.3) is 0 Å². The molecule has 0 spiro atoms. The van der Waals surface area contributed by atoms with Gasteiger partial charge in [-0.2, -0.15) is 0 Å². The van der Waals surface area contributed by atoms with Gasteiger partial charge in [0.2, 0.25) is 0 Å². The molecule has 6 heteroatoms. The minimum absolute atomic E-state index is 0.217. The second-order valence-electron chi connectivity index (χ2n) is 5.53. The molecule has 5 nitrogen and oxygen atoms in total. The molecule has 0 radical (unpaired) electrons. The quantitative estimate of drug-likeness (QED) is 0.329. The van der Waals surface area contributed by atoms with E-state index in [4.69, 9.17) is 0 Å². The molecule has 126 valence electrons. The lowest BCUT2D eigenvalue weighted by molar-refractivity contribution is 0.583. The zero-order valence-electron chi connectivity index (χ0n) is 14.0. The van der Waals surface area contributed by atoms with Crippen LogP contribution < -0.4 is 10.6 Å². The Morgan fingerprint density at radius 3 is 1.95 bits per heavy atom. The Balaban J connectivity index is 3.50. The van der Waals surface area contributed by atoms with E-state index >= 15 is 0 Å². The van der Waals surface area contributed by atoms with Crippen molar-refractivity contribution in [3.63, 3.8) is 0 Å². The molecule has 2 N–H and O–H groups in total. The van der Waals surface area contributed by atoms with Gasteiger partial charge in [-0.25, -0.2) is 8.42 Å². The lowest BCUT2D eigenvalue weighted by Crippen LogP contribution is -2.38. The van der Waals surface area contributed by atoms with Gasteiger partial charge in [-0.3, -0.25) is 4.99 Å². The third kappa shape index (κ3) is 15.4. The van der Waals surface area contributed by atoms with Crippen LogP contribution in [-0.2, 0) is 9.84 Å². The number of nitrogens with one attached hydrogen (secondary N) is 2. The van der Waals surface area contributed by atoms with Gasteiger partial charge >= 0.3 is 0 Å². The van der Waals surface area contributed by atoms with E-state index in [-0.39, 0.29) is 5.75 Å². The van der Waals surface area contributed by atoms with Crippen molar-refractivity contribution in [2.45, 2.75) is 58.3 Å². The van der Waals surface area contributed by atoms with E-state index < -0.39 is 9.84 Å². The third-order valence-corrected chi connectivity index (χ3v) is 4.31. The number of guanidine groups is 1. The van der Waals surface area contributed by atoms with Gasteiger partial charge in [0.25, 0.3) is 0 Å². The van der Waals surface area contributed by atoms with Gasteiger partial charge in [0, 0.05) is 26.4 Å². The minimum atomic E-state index is -2.86. The maximum absolute atomic E-state index is 11.0.